The topological polar surface area (TPSA) is 47.6 Å². The van der Waals surface area contributed by atoms with E-state index in [1.807, 2.05) is 6.92 Å². The van der Waals surface area contributed by atoms with Crippen molar-refractivity contribution in [1.29, 1.82) is 0 Å². The lowest BCUT2D eigenvalue weighted by Crippen LogP contribution is -2.57. The van der Waals surface area contributed by atoms with Crippen molar-refractivity contribution in [3.63, 3.8) is 0 Å². The van der Waals surface area contributed by atoms with Gasteiger partial charge in [-0.3, -0.25) is 0 Å². The van der Waals surface area contributed by atoms with Gasteiger partial charge in [0.15, 0.2) is 0 Å². The number of hydrogen-bond acceptors (Lipinski definition) is 3. The van der Waals surface area contributed by atoms with E-state index in [2.05, 4.69) is 4.99 Å². The molecule has 1 heterocycles. The molecule has 1 saturated carbocycles. The van der Waals surface area contributed by atoms with Crippen LogP contribution in [-0.2, 0) is 4.74 Å². The molecule has 0 radical (unpaired) electrons. The first-order valence-corrected chi connectivity index (χ1v) is 4.28. The van der Waals surface area contributed by atoms with Gasteiger partial charge in [0.2, 0.25) is 5.92 Å². The number of aliphatic imine (C=N–C) groups is 1. The standard InChI is InChI=1S/C8H12F2N2O/c1-5-7(2-8(9,10)3-7)4-13-6(11)12-5/h5H,2-4H2,1H3,(H2,11,12)/t5-/m0/s1. The quantitative estimate of drug-likeness (QED) is 0.622. The van der Waals surface area contributed by atoms with Gasteiger partial charge in [0, 0.05) is 18.3 Å². The molecule has 74 valence electrons. The van der Waals surface area contributed by atoms with E-state index in [9.17, 15) is 8.78 Å². The largest absolute Gasteiger partial charge is 0.465 e. The molecule has 0 aromatic carbocycles. The first-order chi connectivity index (χ1) is 5.94. The maximum atomic E-state index is 12.7. The Morgan fingerprint density at radius 3 is 2.62 bits per heavy atom. The fraction of sp³-hybridized carbons (Fsp3) is 0.875. The summed E-state index contributed by atoms with van der Waals surface area (Å²) in [4.78, 5) is 3.96. The molecular formula is C8H12F2N2O. The summed E-state index contributed by atoms with van der Waals surface area (Å²) in [6.45, 7) is 2.09. The maximum Gasteiger partial charge on any atom is 0.282 e. The first kappa shape index (κ1) is 8.72. The Kier molecular flexibility index (Phi) is 1.56. The highest BCUT2D eigenvalue weighted by molar-refractivity contribution is 5.72. The molecule has 3 nitrogen and oxygen atoms in total. The molecule has 2 aliphatic rings. The van der Waals surface area contributed by atoms with E-state index in [4.69, 9.17) is 10.5 Å². The van der Waals surface area contributed by atoms with Gasteiger partial charge in [-0.2, -0.15) is 0 Å². The van der Waals surface area contributed by atoms with Crippen molar-refractivity contribution in [3.8, 4) is 0 Å². The summed E-state index contributed by atoms with van der Waals surface area (Å²) in [6.07, 6.45) is -0.254. The molecule has 1 atom stereocenters. The third kappa shape index (κ3) is 1.26. The lowest BCUT2D eigenvalue weighted by molar-refractivity contribution is -0.185. The Bertz CT molecular complexity index is 257. The summed E-state index contributed by atoms with van der Waals surface area (Å²) in [7, 11) is 0. The van der Waals surface area contributed by atoms with Crippen LogP contribution >= 0.6 is 0 Å². The smallest absolute Gasteiger partial charge is 0.282 e. The highest BCUT2D eigenvalue weighted by Crippen LogP contribution is 2.55. The monoisotopic (exact) mass is 190 g/mol. The van der Waals surface area contributed by atoms with Crippen LogP contribution in [0, 0.1) is 5.41 Å². The van der Waals surface area contributed by atoms with E-state index >= 15 is 0 Å². The predicted octanol–water partition coefficient (Wildman–Crippen LogP) is 1.14. The number of halogens is 2. The van der Waals surface area contributed by atoms with Gasteiger partial charge in [0.05, 0.1) is 12.6 Å². The van der Waals surface area contributed by atoms with Gasteiger partial charge >= 0.3 is 0 Å². The third-order valence-electron chi connectivity index (χ3n) is 2.94. The second-order valence-corrected chi connectivity index (χ2v) is 4.00. The molecule has 2 N–H and O–H groups in total. The fourth-order valence-electron chi connectivity index (χ4n) is 2.08. The Hall–Kier alpha value is -0.870. The number of nitrogens with two attached hydrogens (primary N) is 1. The van der Waals surface area contributed by atoms with Crippen molar-refractivity contribution in [1.82, 2.24) is 0 Å². The van der Waals surface area contributed by atoms with E-state index in [0.717, 1.165) is 0 Å². The third-order valence-corrected chi connectivity index (χ3v) is 2.94. The molecule has 1 aliphatic heterocycles. The molecule has 0 bridgehead atoms. The van der Waals surface area contributed by atoms with Crippen LogP contribution in [0.15, 0.2) is 4.99 Å². The average Bonchev–Trinajstić information content (AvgIpc) is 1.93. The minimum atomic E-state index is -2.53. The normalized spacial score (nSPS) is 34.7. The minimum absolute atomic E-state index is 0.119. The van der Waals surface area contributed by atoms with Crippen molar-refractivity contribution in [3.05, 3.63) is 0 Å². The Labute approximate surface area is 75.0 Å². The van der Waals surface area contributed by atoms with Gasteiger partial charge in [-0.25, -0.2) is 13.8 Å². The predicted molar refractivity (Wildman–Crippen MR) is 43.7 cm³/mol. The molecule has 13 heavy (non-hydrogen) atoms. The van der Waals surface area contributed by atoms with Crippen LogP contribution in [0.1, 0.15) is 19.8 Å². The van der Waals surface area contributed by atoms with E-state index in [1.165, 1.54) is 0 Å². The van der Waals surface area contributed by atoms with Crippen LogP contribution in [-0.4, -0.2) is 24.6 Å². The summed E-state index contributed by atoms with van der Waals surface area (Å²) in [5, 5.41) is 0. The van der Waals surface area contributed by atoms with Crippen molar-refractivity contribution in [2.24, 2.45) is 16.1 Å². The molecule has 0 saturated heterocycles. The molecule has 0 aromatic heterocycles. The molecule has 1 fully saturated rings. The zero-order chi connectivity index (χ0) is 9.69. The van der Waals surface area contributed by atoms with E-state index in [0.29, 0.717) is 0 Å². The maximum absolute atomic E-state index is 12.7. The van der Waals surface area contributed by atoms with Crippen LogP contribution in [0.2, 0.25) is 0 Å². The average molecular weight is 190 g/mol. The van der Waals surface area contributed by atoms with Gasteiger partial charge in [-0.1, -0.05) is 0 Å². The molecule has 0 amide bonds. The Morgan fingerprint density at radius 1 is 1.54 bits per heavy atom. The molecule has 0 unspecified atom stereocenters. The summed E-state index contributed by atoms with van der Waals surface area (Å²) in [5.74, 6) is -2.53. The van der Waals surface area contributed by atoms with Crippen molar-refractivity contribution in [2.45, 2.75) is 31.7 Å². The summed E-state index contributed by atoms with van der Waals surface area (Å²) in [6, 6.07) is -0.0331. The lowest BCUT2D eigenvalue weighted by Gasteiger charge is -2.50. The van der Waals surface area contributed by atoms with Crippen LogP contribution in [0.5, 0.6) is 0 Å². The van der Waals surface area contributed by atoms with Crippen LogP contribution < -0.4 is 5.73 Å². The van der Waals surface area contributed by atoms with E-state index in [1.54, 1.807) is 0 Å². The zero-order valence-electron chi connectivity index (χ0n) is 7.39. The number of amidine groups is 1. The van der Waals surface area contributed by atoms with Gasteiger partial charge in [-0.15, -0.1) is 0 Å². The van der Waals surface area contributed by atoms with Gasteiger partial charge in [-0.05, 0) is 6.92 Å². The highest BCUT2D eigenvalue weighted by Gasteiger charge is 2.60. The summed E-state index contributed by atoms with van der Waals surface area (Å²) in [5.41, 5.74) is 4.87. The Balaban J connectivity index is 2.11. The molecule has 1 spiro atoms. The fourth-order valence-corrected chi connectivity index (χ4v) is 2.08. The molecule has 2 rings (SSSR count). The number of ether oxygens (including phenoxy) is 1. The van der Waals surface area contributed by atoms with Gasteiger partial charge in [0.25, 0.3) is 6.02 Å². The molecule has 5 heteroatoms. The van der Waals surface area contributed by atoms with Crippen LogP contribution in [0.25, 0.3) is 0 Å². The number of hydrogen-bond donors (Lipinski definition) is 1. The van der Waals surface area contributed by atoms with Crippen molar-refractivity contribution < 1.29 is 13.5 Å². The first-order valence-electron chi connectivity index (χ1n) is 4.28. The van der Waals surface area contributed by atoms with Crippen molar-refractivity contribution in [2.75, 3.05) is 6.61 Å². The van der Waals surface area contributed by atoms with E-state index < -0.39 is 11.3 Å². The van der Waals surface area contributed by atoms with Gasteiger partial charge in [0.1, 0.15) is 0 Å². The second kappa shape index (κ2) is 2.33. The number of rotatable bonds is 0. The molecule has 1 aliphatic carbocycles. The SMILES string of the molecule is C[C@@H]1N=C(N)OCC12CC(F)(F)C2. The highest BCUT2D eigenvalue weighted by atomic mass is 19.3. The zero-order valence-corrected chi connectivity index (χ0v) is 7.39. The lowest BCUT2D eigenvalue weighted by atomic mass is 9.62. The second-order valence-electron chi connectivity index (χ2n) is 4.00. The summed E-state index contributed by atoms with van der Waals surface area (Å²) >= 11 is 0. The molecular weight excluding hydrogens is 178 g/mol. The van der Waals surface area contributed by atoms with Crippen molar-refractivity contribution >= 4 is 6.02 Å². The summed E-state index contributed by atoms with van der Waals surface area (Å²) < 4.78 is 30.4. The minimum Gasteiger partial charge on any atom is -0.465 e. The van der Waals surface area contributed by atoms with Crippen LogP contribution in [0.3, 0.4) is 0 Å². The number of alkyl halides is 2. The van der Waals surface area contributed by atoms with Gasteiger partial charge < -0.3 is 10.5 Å². The van der Waals surface area contributed by atoms with Crippen LogP contribution in [0.4, 0.5) is 8.78 Å². The number of nitrogens with zero attached hydrogens (tertiary/aromatic N) is 1. The Morgan fingerprint density at radius 2 is 2.15 bits per heavy atom. The van der Waals surface area contributed by atoms with E-state index in [-0.39, 0.29) is 31.5 Å². The molecule has 0 aromatic rings.